The van der Waals surface area contributed by atoms with Gasteiger partial charge >= 0.3 is 0 Å². The highest BCUT2D eigenvalue weighted by atomic mass is 16.5. The van der Waals surface area contributed by atoms with E-state index in [2.05, 4.69) is 20.8 Å². The molecule has 3 heterocycles. The second-order valence-corrected chi connectivity index (χ2v) is 14.4. The molecule has 4 amide bonds. The van der Waals surface area contributed by atoms with Gasteiger partial charge in [-0.15, -0.1) is 0 Å². The van der Waals surface area contributed by atoms with Crippen LogP contribution in [0.3, 0.4) is 0 Å². The molecule has 1 saturated heterocycles. The molecule has 1 saturated carbocycles. The molecule has 2 bridgehead atoms. The van der Waals surface area contributed by atoms with Gasteiger partial charge in [-0.1, -0.05) is 76.1 Å². The van der Waals surface area contributed by atoms with Crippen molar-refractivity contribution in [2.24, 2.45) is 5.92 Å². The minimum Gasteiger partial charge on any atom is -0.485 e. The highest BCUT2D eigenvalue weighted by Crippen LogP contribution is 2.28. The average Bonchev–Trinajstić information content (AvgIpc) is 3.74. The number of nitrogens with one attached hydrogen (secondary N) is 2. The van der Waals surface area contributed by atoms with Crippen molar-refractivity contribution in [3.05, 3.63) is 41.5 Å². The van der Waals surface area contributed by atoms with Crippen LogP contribution in [0.5, 0.6) is 5.75 Å². The molecule has 50 heavy (non-hydrogen) atoms. The Morgan fingerprint density at radius 3 is 2.42 bits per heavy atom. The van der Waals surface area contributed by atoms with Crippen molar-refractivity contribution < 1.29 is 33.5 Å². The van der Waals surface area contributed by atoms with E-state index in [4.69, 9.17) is 9.26 Å². The molecule has 5 rings (SSSR count). The average molecular weight is 695 g/mol. The summed E-state index contributed by atoms with van der Waals surface area (Å²) >= 11 is 0. The zero-order chi connectivity index (χ0) is 35.5. The standard InChI is InChI=1S/C37H54N6O7/c1-25(2)20-29-36(47)43-22-27(44)21-30(43)37(48)42(26-14-8-7-9-15-26)23-33(45)38-19-13-6-4-3-5-10-18-34-40-32(41-50-34)24-49-31-17-12-11-16-28(31)35(46)39-29/h11-12,16-17,25-27,29-30,44H,3-10,13-15,18-24H2,1-2H3,(H,38,45)(H,39,46)/t27-,29+,30+/m0/s1. The third kappa shape index (κ3) is 10.3. The van der Waals surface area contributed by atoms with Gasteiger partial charge in [0.1, 0.15) is 17.8 Å². The third-order valence-corrected chi connectivity index (χ3v) is 9.91. The molecule has 1 aliphatic carbocycles. The monoisotopic (exact) mass is 694 g/mol. The van der Waals surface area contributed by atoms with Crippen LogP contribution in [0.1, 0.15) is 119 Å². The van der Waals surface area contributed by atoms with Crippen LogP contribution in [0.25, 0.3) is 0 Å². The Kier molecular flexibility index (Phi) is 13.6. The van der Waals surface area contributed by atoms with Gasteiger partial charge in [-0.25, -0.2) is 0 Å². The Morgan fingerprint density at radius 1 is 0.920 bits per heavy atom. The number of benzene rings is 1. The first kappa shape index (κ1) is 37.3. The molecule has 2 fully saturated rings. The number of ether oxygens (including phenoxy) is 1. The van der Waals surface area contributed by atoms with Gasteiger partial charge in [0.25, 0.3) is 5.91 Å². The molecule has 2 aromatic rings. The highest BCUT2D eigenvalue weighted by Gasteiger charge is 2.44. The Morgan fingerprint density at radius 2 is 1.64 bits per heavy atom. The molecule has 0 unspecified atom stereocenters. The summed E-state index contributed by atoms with van der Waals surface area (Å²) in [6.45, 7) is 4.33. The summed E-state index contributed by atoms with van der Waals surface area (Å²) in [5, 5.41) is 20.8. The Balaban J connectivity index is 1.40. The molecule has 274 valence electrons. The van der Waals surface area contributed by atoms with Crippen LogP contribution in [0.15, 0.2) is 28.8 Å². The maximum Gasteiger partial charge on any atom is 0.255 e. The van der Waals surface area contributed by atoms with E-state index in [1.807, 2.05) is 13.8 Å². The lowest BCUT2D eigenvalue weighted by Crippen LogP contribution is -2.57. The van der Waals surface area contributed by atoms with E-state index in [0.717, 1.165) is 70.6 Å². The number of carbonyl (C=O) groups excluding carboxylic acids is 4. The number of hydrogen-bond acceptors (Lipinski definition) is 9. The van der Waals surface area contributed by atoms with Crippen LogP contribution in [0, 0.1) is 5.92 Å². The van der Waals surface area contributed by atoms with Gasteiger partial charge in [-0.2, -0.15) is 4.98 Å². The Labute approximate surface area is 294 Å². The van der Waals surface area contributed by atoms with Gasteiger partial charge in [-0.05, 0) is 50.2 Å². The van der Waals surface area contributed by atoms with E-state index < -0.39 is 30.0 Å². The number of rotatable bonds is 3. The molecule has 0 spiro atoms. The fraction of sp³-hybridized carbons (Fsp3) is 0.676. The number of amides is 4. The second-order valence-electron chi connectivity index (χ2n) is 14.4. The van der Waals surface area contributed by atoms with Crippen LogP contribution in [0.2, 0.25) is 0 Å². The van der Waals surface area contributed by atoms with Gasteiger partial charge in [0.05, 0.1) is 18.2 Å². The van der Waals surface area contributed by atoms with Gasteiger partial charge in [0, 0.05) is 32.0 Å². The molecular weight excluding hydrogens is 640 g/mol. The van der Waals surface area contributed by atoms with Crippen molar-refractivity contribution in [3.8, 4) is 5.75 Å². The molecule has 2 aliphatic heterocycles. The van der Waals surface area contributed by atoms with Crippen LogP contribution >= 0.6 is 0 Å². The summed E-state index contributed by atoms with van der Waals surface area (Å²) in [5.41, 5.74) is 0.239. The van der Waals surface area contributed by atoms with Crippen molar-refractivity contribution in [2.45, 2.75) is 135 Å². The zero-order valence-corrected chi connectivity index (χ0v) is 29.6. The maximum atomic E-state index is 14.3. The molecule has 3 N–H and O–H groups in total. The molecule has 1 aromatic carbocycles. The van der Waals surface area contributed by atoms with Crippen LogP contribution in [0.4, 0.5) is 0 Å². The molecular formula is C37H54N6O7. The first-order valence-electron chi connectivity index (χ1n) is 18.6. The van der Waals surface area contributed by atoms with E-state index in [-0.39, 0.29) is 55.5 Å². The van der Waals surface area contributed by atoms with E-state index in [1.165, 1.54) is 4.90 Å². The summed E-state index contributed by atoms with van der Waals surface area (Å²) in [6.07, 6.45) is 10.6. The Hall–Kier alpha value is -4.00. The molecule has 13 heteroatoms. The van der Waals surface area contributed by atoms with E-state index in [1.54, 1.807) is 29.2 Å². The molecule has 1 aromatic heterocycles. The first-order valence-corrected chi connectivity index (χ1v) is 18.6. The van der Waals surface area contributed by atoms with Crippen molar-refractivity contribution in [3.63, 3.8) is 0 Å². The largest absolute Gasteiger partial charge is 0.485 e. The Bertz CT molecular complexity index is 1440. The number of aliphatic hydroxyl groups is 1. The smallest absolute Gasteiger partial charge is 0.255 e. The van der Waals surface area contributed by atoms with Crippen molar-refractivity contribution in [1.82, 2.24) is 30.6 Å². The topological polar surface area (TPSA) is 167 Å². The van der Waals surface area contributed by atoms with Gasteiger partial charge in [-0.3, -0.25) is 19.2 Å². The van der Waals surface area contributed by atoms with E-state index in [9.17, 15) is 24.3 Å². The van der Waals surface area contributed by atoms with Gasteiger partial charge in [0.2, 0.25) is 29.4 Å². The van der Waals surface area contributed by atoms with Crippen LogP contribution in [-0.4, -0.2) is 92.5 Å². The zero-order valence-electron chi connectivity index (χ0n) is 29.6. The number of para-hydroxylation sites is 1. The first-order chi connectivity index (χ1) is 24.2. The maximum absolute atomic E-state index is 14.3. The number of carbonyl (C=O) groups is 4. The minimum atomic E-state index is -0.957. The predicted octanol–water partition coefficient (Wildman–Crippen LogP) is 3.93. The minimum absolute atomic E-state index is 0.00559. The normalized spacial score (nSPS) is 24.7. The molecule has 0 radical (unpaired) electrons. The van der Waals surface area contributed by atoms with Crippen LogP contribution in [-0.2, 0) is 27.4 Å². The number of nitrogens with zero attached hydrogens (tertiary/aromatic N) is 4. The fourth-order valence-corrected chi connectivity index (χ4v) is 7.31. The lowest BCUT2D eigenvalue weighted by atomic mass is 9.93. The number of aromatic nitrogens is 2. The lowest BCUT2D eigenvalue weighted by molar-refractivity contribution is -0.148. The van der Waals surface area contributed by atoms with Gasteiger partial charge in [0.15, 0.2) is 6.61 Å². The fourth-order valence-electron chi connectivity index (χ4n) is 7.31. The third-order valence-electron chi connectivity index (χ3n) is 9.91. The van der Waals surface area contributed by atoms with Crippen molar-refractivity contribution >= 4 is 23.6 Å². The number of fused-ring (bicyclic) bond motifs is 4. The summed E-state index contributed by atoms with van der Waals surface area (Å²) in [4.78, 5) is 63.1. The lowest BCUT2D eigenvalue weighted by Gasteiger charge is -2.38. The summed E-state index contributed by atoms with van der Waals surface area (Å²) in [5.74, 6) is -0.223. The van der Waals surface area contributed by atoms with Crippen LogP contribution < -0.4 is 15.4 Å². The number of hydrogen-bond donors (Lipinski definition) is 3. The SMILES string of the molecule is CC(C)C[C@H]1NC(=O)c2ccccc2OCc2noc(n2)CCCCCCCCNC(=O)CN(C2CCCCC2)C(=O)[C@H]2C[C@H](O)CN2C1=O. The van der Waals surface area contributed by atoms with Crippen molar-refractivity contribution in [2.75, 3.05) is 19.6 Å². The number of aliphatic hydroxyl groups excluding tert-OH is 1. The highest BCUT2D eigenvalue weighted by molar-refractivity contribution is 6.00. The second kappa shape index (κ2) is 18.3. The van der Waals surface area contributed by atoms with Crippen molar-refractivity contribution in [1.29, 1.82) is 0 Å². The summed E-state index contributed by atoms with van der Waals surface area (Å²) < 4.78 is 11.4. The molecule has 3 atom stereocenters. The quantitative estimate of drug-likeness (QED) is 0.432. The summed E-state index contributed by atoms with van der Waals surface area (Å²) in [6, 6.07) is 4.76. The molecule has 13 nitrogen and oxygen atoms in total. The van der Waals surface area contributed by atoms with E-state index in [0.29, 0.717) is 36.9 Å². The predicted molar refractivity (Wildman–Crippen MR) is 185 cm³/mol. The summed E-state index contributed by atoms with van der Waals surface area (Å²) in [7, 11) is 0. The van der Waals surface area contributed by atoms with E-state index >= 15 is 0 Å². The number of aryl methyl sites for hydroxylation is 1. The van der Waals surface area contributed by atoms with Gasteiger partial charge < -0.3 is 34.8 Å². The molecule has 3 aliphatic rings.